The second-order valence-electron chi connectivity index (χ2n) is 4.34. The summed E-state index contributed by atoms with van der Waals surface area (Å²) < 4.78 is 26.7. The van der Waals surface area contributed by atoms with Gasteiger partial charge in [0.2, 0.25) is 10.0 Å². The zero-order valence-corrected chi connectivity index (χ0v) is 12.5. The Kier molecular flexibility index (Phi) is 4.22. The quantitative estimate of drug-likeness (QED) is 0.620. The Morgan fingerprint density at radius 3 is 2.42 bits per heavy atom. The van der Waals surface area contributed by atoms with Gasteiger partial charge in [0.05, 0.1) is 4.92 Å². The van der Waals surface area contributed by atoms with E-state index in [4.69, 9.17) is 0 Å². The SMILES string of the molecule is O=[N+]([O-])c1ccc(Br)c(S(=O)(=O)N2CCCCC2)c1. The molecular weight excluding hydrogens is 336 g/mol. The summed E-state index contributed by atoms with van der Waals surface area (Å²) in [5.41, 5.74) is -0.223. The van der Waals surface area contributed by atoms with Gasteiger partial charge in [-0.3, -0.25) is 10.1 Å². The highest BCUT2D eigenvalue weighted by molar-refractivity contribution is 9.10. The van der Waals surface area contributed by atoms with Crippen LogP contribution in [0.3, 0.4) is 0 Å². The van der Waals surface area contributed by atoms with Crippen LogP contribution in [0.2, 0.25) is 0 Å². The van der Waals surface area contributed by atoms with Gasteiger partial charge in [0.15, 0.2) is 0 Å². The van der Waals surface area contributed by atoms with Crippen molar-refractivity contribution in [2.24, 2.45) is 0 Å². The Morgan fingerprint density at radius 1 is 1.21 bits per heavy atom. The van der Waals surface area contributed by atoms with Crippen molar-refractivity contribution < 1.29 is 13.3 Å². The summed E-state index contributed by atoms with van der Waals surface area (Å²) in [7, 11) is -3.67. The number of nitrogens with zero attached hydrogens (tertiary/aromatic N) is 2. The van der Waals surface area contributed by atoms with E-state index in [9.17, 15) is 18.5 Å². The molecule has 0 aromatic heterocycles. The highest BCUT2D eigenvalue weighted by atomic mass is 79.9. The molecule has 1 heterocycles. The van der Waals surface area contributed by atoms with E-state index in [1.807, 2.05) is 0 Å². The summed E-state index contributed by atoms with van der Waals surface area (Å²) in [6.07, 6.45) is 2.67. The molecule has 1 aromatic carbocycles. The normalized spacial score (nSPS) is 17.3. The molecule has 1 aliphatic heterocycles. The van der Waals surface area contributed by atoms with E-state index < -0.39 is 14.9 Å². The lowest BCUT2D eigenvalue weighted by molar-refractivity contribution is -0.385. The summed E-state index contributed by atoms with van der Waals surface area (Å²) in [5.74, 6) is 0. The van der Waals surface area contributed by atoms with Crippen LogP contribution in [-0.4, -0.2) is 30.7 Å². The number of nitro benzene ring substituents is 1. The van der Waals surface area contributed by atoms with Crippen LogP contribution in [0.15, 0.2) is 27.6 Å². The molecule has 0 bridgehead atoms. The van der Waals surface area contributed by atoms with E-state index in [1.165, 1.54) is 16.4 Å². The first-order chi connectivity index (χ1) is 8.93. The number of non-ortho nitro benzene ring substituents is 1. The predicted octanol–water partition coefficient (Wildman–Crippen LogP) is 2.53. The fraction of sp³-hybridized carbons (Fsp3) is 0.455. The van der Waals surface area contributed by atoms with Gasteiger partial charge < -0.3 is 0 Å². The molecule has 1 saturated heterocycles. The van der Waals surface area contributed by atoms with Gasteiger partial charge in [-0.05, 0) is 34.8 Å². The van der Waals surface area contributed by atoms with Crippen LogP contribution >= 0.6 is 15.9 Å². The van der Waals surface area contributed by atoms with Crippen LogP contribution in [-0.2, 0) is 10.0 Å². The van der Waals surface area contributed by atoms with Gasteiger partial charge in [0, 0.05) is 29.7 Å². The minimum absolute atomic E-state index is 0.0383. The first-order valence-electron chi connectivity index (χ1n) is 5.87. The van der Waals surface area contributed by atoms with Gasteiger partial charge in [-0.2, -0.15) is 4.31 Å². The van der Waals surface area contributed by atoms with Crippen LogP contribution < -0.4 is 0 Å². The largest absolute Gasteiger partial charge is 0.270 e. The lowest BCUT2D eigenvalue weighted by Gasteiger charge is -2.26. The van der Waals surface area contributed by atoms with Crippen molar-refractivity contribution in [1.29, 1.82) is 0 Å². The van der Waals surface area contributed by atoms with E-state index in [-0.39, 0.29) is 10.6 Å². The van der Waals surface area contributed by atoms with Crippen LogP contribution in [0.1, 0.15) is 19.3 Å². The van der Waals surface area contributed by atoms with E-state index in [0.717, 1.165) is 25.3 Å². The van der Waals surface area contributed by atoms with Gasteiger partial charge >= 0.3 is 0 Å². The lowest BCUT2D eigenvalue weighted by Crippen LogP contribution is -2.35. The summed E-state index contributed by atoms with van der Waals surface area (Å²) in [5, 5.41) is 10.7. The van der Waals surface area contributed by atoms with E-state index in [2.05, 4.69) is 15.9 Å². The van der Waals surface area contributed by atoms with E-state index in [1.54, 1.807) is 0 Å². The van der Waals surface area contributed by atoms with Crippen LogP contribution in [0, 0.1) is 10.1 Å². The van der Waals surface area contributed by atoms with Crippen molar-refractivity contribution in [3.63, 3.8) is 0 Å². The number of hydrogen-bond acceptors (Lipinski definition) is 4. The molecule has 0 saturated carbocycles. The molecule has 0 amide bonds. The maximum Gasteiger partial charge on any atom is 0.270 e. The van der Waals surface area contributed by atoms with Crippen LogP contribution in [0.25, 0.3) is 0 Å². The summed E-state index contributed by atoms with van der Waals surface area (Å²) in [4.78, 5) is 10.1. The molecule has 1 aromatic rings. The maximum atomic E-state index is 12.5. The first kappa shape index (κ1) is 14.4. The smallest absolute Gasteiger partial charge is 0.258 e. The van der Waals surface area contributed by atoms with Crippen molar-refractivity contribution in [2.75, 3.05) is 13.1 Å². The number of piperidine rings is 1. The number of hydrogen-bond donors (Lipinski definition) is 0. The second-order valence-corrected chi connectivity index (χ2v) is 7.10. The molecule has 0 radical (unpaired) electrons. The molecule has 0 N–H and O–H groups in total. The van der Waals surface area contributed by atoms with E-state index in [0.29, 0.717) is 17.6 Å². The third-order valence-electron chi connectivity index (χ3n) is 3.06. The van der Waals surface area contributed by atoms with Gasteiger partial charge in [-0.1, -0.05) is 6.42 Å². The second kappa shape index (κ2) is 5.56. The molecule has 1 fully saturated rings. The Morgan fingerprint density at radius 2 is 1.84 bits per heavy atom. The molecule has 6 nitrogen and oxygen atoms in total. The van der Waals surface area contributed by atoms with Gasteiger partial charge in [0.1, 0.15) is 4.90 Å². The average molecular weight is 349 g/mol. The minimum Gasteiger partial charge on any atom is -0.258 e. The average Bonchev–Trinajstić information content (AvgIpc) is 2.39. The third kappa shape index (κ3) is 2.96. The summed E-state index contributed by atoms with van der Waals surface area (Å²) >= 11 is 3.15. The molecule has 0 unspecified atom stereocenters. The first-order valence-corrected chi connectivity index (χ1v) is 8.10. The molecule has 1 aliphatic rings. The van der Waals surface area contributed by atoms with Crippen LogP contribution in [0.4, 0.5) is 5.69 Å². The highest BCUT2D eigenvalue weighted by Crippen LogP contribution is 2.30. The van der Waals surface area contributed by atoms with Crippen molar-refractivity contribution in [2.45, 2.75) is 24.2 Å². The van der Waals surface area contributed by atoms with Crippen molar-refractivity contribution in [1.82, 2.24) is 4.31 Å². The number of rotatable bonds is 3. The fourth-order valence-electron chi connectivity index (χ4n) is 2.05. The third-order valence-corrected chi connectivity index (χ3v) is 5.95. The van der Waals surface area contributed by atoms with Crippen molar-refractivity contribution in [3.05, 3.63) is 32.8 Å². The Balaban J connectivity index is 2.44. The molecule has 0 aliphatic carbocycles. The summed E-state index contributed by atoms with van der Waals surface area (Å²) in [6.45, 7) is 0.939. The zero-order valence-electron chi connectivity index (χ0n) is 10.1. The van der Waals surface area contributed by atoms with Gasteiger partial charge in [-0.15, -0.1) is 0 Å². The number of sulfonamides is 1. The maximum absolute atomic E-state index is 12.5. The number of nitro groups is 1. The molecule has 8 heteroatoms. The van der Waals surface area contributed by atoms with Crippen LogP contribution in [0.5, 0.6) is 0 Å². The monoisotopic (exact) mass is 348 g/mol. The number of benzene rings is 1. The molecule has 0 spiro atoms. The standard InChI is InChI=1S/C11H13BrN2O4S/c12-10-5-4-9(14(15)16)8-11(10)19(17,18)13-6-2-1-3-7-13/h4-5,8H,1-3,6-7H2. The predicted molar refractivity (Wildman–Crippen MR) is 73.4 cm³/mol. The Bertz CT molecular complexity index is 597. The van der Waals surface area contributed by atoms with E-state index >= 15 is 0 Å². The zero-order chi connectivity index (χ0) is 14.0. The Hall–Kier alpha value is -0.990. The lowest BCUT2D eigenvalue weighted by atomic mass is 10.2. The van der Waals surface area contributed by atoms with Crippen molar-refractivity contribution in [3.8, 4) is 0 Å². The molecule has 104 valence electrons. The fourth-order valence-corrected chi connectivity index (χ4v) is 4.51. The number of halogens is 1. The molecule has 0 atom stereocenters. The molecule has 2 rings (SSSR count). The van der Waals surface area contributed by atoms with Gasteiger partial charge in [0.25, 0.3) is 5.69 Å². The minimum atomic E-state index is -3.67. The van der Waals surface area contributed by atoms with Crippen molar-refractivity contribution >= 4 is 31.6 Å². The Labute approximate surface area is 119 Å². The summed E-state index contributed by atoms with van der Waals surface area (Å²) in [6, 6.07) is 3.78. The highest BCUT2D eigenvalue weighted by Gasteiger charge is 2.29. The molecular formula is C11H13BrN2O4S. The topological polar surface area (TPSA) is 80.5 Å². The molecule has 19 heavy (non-hydrogen) atoms. The van der Waals surface area contributed by atoms with Gasteiger partial charge in [-0.25, -0.2) is 8.42 Å².